The van der Waals surface area contributed by atoms with Crippen LogP contribution in [0.3, 0.4) is 0 Å². The Balaban J connectivity index is 1.77. The molecule has 8 atom stereocenters. The molecule has 0 aliphatic heterocycles. The highest BCUT2D eigenvalue weighted by molar-refractivity contribution is 5.31. The van der Waals surface area contributed by atoms with Crippen LogP contribution in [0, 0.1) is 46.8 Å². The summed E-state index contributed by atoms with van der Waals surface area (Å²) in [5.41, 5.74) is 3.02. The van der Waals surface area contributed by atoms with Crippen molar-refractivity contribution < 1.29 is 5.11 Å². The predicted molar refractivity (Wildman–Crippen MR) is 110 cm³/mol. The van der Waals surface area contributed by atoms with Crippen molar-refractivity contribution in [2.45, 2.75) is 98.5 Å². The quantitative estimate of drug-likeness (QED) is 0.523. The van der Waals surface area contributed by atoms with Gasteiger partial charge in [-0.2, -0.15) is 0 Å². The SMILES string of the molecule is C/C1=C2\CC[C@@H](C)[C@@H]2CC[C@H](C)[C@H]2C[C@@]3(C)CC[C@H](C(C)C)[C@@H]3C[C@]12O. The van der Waals surface area contributed by atoms with Crippen molar-refractivity contribution in [3.8, 4) is 0 Å². The zero-order valence-electron chi connectivity index (χ0n) is 18.1. The zero-order valence-corrected chi connectivity index (χ0v) is 18.1. The summed E-state index contributed by atoms with van der Waals surface area (Å²) in [6.45, 7) is 14.6. The van der Waals surface area contributed by atoms with Crippen molar-refractivity contribution in [3.63, 3.8) is 0 Å². The molecule has 1 N–H and O–H groups in total. The van der Waals surface area contributed by atoms with Crippen LogP contribution in [-0.2, 0) is 0 Å². The fourth-order valence-electron chi connectivity index (χ4n) is 8.07. The summed E-state index contributed by atoms with van der Waals surface area (Å²) >= 11 is 0. The third-order valence-corrected chi connectivity index (χ3v) is 9.90. The number of hydrogen-bond acceptors (Lipinski definition) is 1. The predicted octanol–water partition coefficient (Wildman–Crippen LogP) is 6.61. The minimum Gasteiger partial charge on any atom is -0.385 e. The van der Waals surface area contributed by atoms with Gasteiger partial charge in [-0.1, -0.05) is 40.2 Å². The molecule has 4 aliphatic rings. The third kappa shape index (κ3) is 2.66. The number of hydrogen-bond donors (Lipinski definition) is 1. The summed E-state index contributed by atoms with van der Waals surface area (Å²) in [7, 11) is 0. The van der Waals surface area contributed by atoms with Crippen molar-refractivity contribution in [3.05, 3.63) is 11.1 Å². The molecule has 0 aromatic rings. The normalized spacial score (nSPS) is 54.5. The molecular formula is C25H42O. The van der Waals surface area contributed by atoms with Crippen molar-refractivity contribution in [1.82, 2.24) is 0 Å². The van der Waals surface area contributed by atoms with Gasteiger partial charge < -0.3 is 5.11 Å². The number of aliphatic hydroxyl groups is 1. The lowest BCUT2D eigenvalue weighted by molar-refractivity contribution is -0.109. The van der Waals surface area contributed by atoms with Gasteiger partial charge in [-0.3, -0.25) is 0 Å². The van der Waals surface area contributed by atoms with E-state index >= 15 is 0 Å². The van der Waals surface area contributed by atoms with E-state index in [4.69, 9.17) is 0 Å². The van der Waals surface area contributed by atoms with Crippen LogP contribution in [0.1, 0.15) is 92.9 Å². The van der Waals surface area contributed by atoms with Crippen LogP contribution in [0.5, 0.6) is 0 Å². The summed E-state index contributed by atoms with van der Waals surface area (Å²) in [5, 5.41) is 12.3. The summed E-state index contributed by atoms with van der Waals surface area (Å²) in [5.74, 6) is 4.96. The van der Waals surface area contributed by atoms with Gasteiger partial charge in [0.15, 0.2) is 0 Å². The summed E-state index contributed by atoms with van der Waals surface area (Å²) in [4.78, 5) is 0. The molecule has 1 nitrogen and oxygen atoms in total. The van der Waals surface area contributed by atoms with E-state index in [0.29, 0.717) is 23.2 Å². The highest BCUT2D eigenvalue weighted by Gasteiger charge is 2.59. The molecule has 0 saturated heterocycles. The fourth-order valence-corrected chi connectivity index (χ4v) is 8.07. The molecule has 0 unspecified atom stereocenters. The second kappa shape index (κ2) is 6.36. The highest BCUT2D eigenvalue weighted by atomic mass is 16.3. The molecule has 3 fully saturated rings. The van der Waals surface area contributed by atoms with Gasteiger partial charge in [0, 0.05) is 0 Å². The fraction of sp³-hybridized carbons (Fsp3) is 0.920. The van der Waals surface area contributed by atoms with E-state index < -0.39 is 5.60 Å². The molecule has 0 heterocycles. The smallest absolute Gasteiger partial charge is 0.0890 e. The van der Waals surface area contributed by atoms with Crippen LogP contribution in [-0.4, -0.2) is 10.7 Å². The molecule has 0 aromatic heterocycles. The Morgan fingerprint density at radius 3 is 2.38 bits per heavy atom. The molecule has 0 aromatic carbocycles. The summed E-state index contributed by atoms with van der Waals surface area (Å²) in [6, 6.07) is 0. The Morgan fingerprint density at radius 1 is 0.962 bits per heavy atom. The van der Waals surface area contributed by atoms with Gasteiger partial charge in [0.2, 0.25) is 0 Å². The second-order valence-electron chi connectivity index (χ2n) is 11.5. The van der Waals surface area contributed by atoms with E-state index in [2.05, 4.69) is 41.5 Å². The molecule has 1 heteroatoms. The van der Waals surface area contributed by atoms with E-state index in [1.54, 1.807) is 5.57 Å². The lowest BCUT2D eigenvalue weighted by Crippen LogP contribution is -2.54. The minimum absolute atomic E-state index is 0.465. The average Bonchev–Trinajstić information content (AvgIpc) is 3.10. The first-order valence-corrected chi connectivity index (χ1v) is 11.6. The zero-order chi connectivity index (χ0) is 18.9. The maximum Gasteiger partial charge on any atom is 0.0890 e. The van der Waals surface area contributed by atoms with Gasteiger partial charge in [0.25, 0.3) is 0 Å². The van der Waals surface area contributed by atoms with Gasteiger partial charge in [-0.25, -0.2) is 0 Å². The Bertz CT molecular complexity index is 589. The first kappa shape index (κ1) is 19.0. The minimum atomic E-state index is -0.529. The molecular weight excluding hydrogens is 316 g/mol. The molecule has 0 bridgehead atoms. The van der Waals surface area contributed by atoms with Crippen molar-refractivity contribution in [2.24, 2.45) is 46.8 Å². The largest absolute Gasteiger partial charge is 0.385 e. The maximum absolute atomic E-state index is 12.3. The van der Waals surface area contributed by atoms with Gasteiger partial charge >= 0.3 is 0 Å². The van der Waals surface area contributed by atoms with Gasteiger partial charge in [0.1, 0.15) is 0 Å². The molecule has 148 valence electrons. The van der Waals surface area contributed by atoms with Gasteiger partial charge in [0.05, 0.1) is 5.60 Å². The molecule has 4 aliphatic carbocycles. The molecule has 4 rings (SSSR count). The Kier molecular flexibility index (Phi) is 4.66. The van der Waals surface area contributed by atoms with E-state index in [-0.39, 0.29) is 0 Å². The summed E-state index contributed by atoms with van der Waals surface area (Å²) < 4.78 is 0. The van der Waals surface area contributed by atoms with Crippen LogP contribution in [0.15, 0.2) is 11.1 Å². The topological polar surface area (TPSA) is 20.2 Å². The van der Waals surface area contributed by atoms with Crippen molar-refractivity contribution in [2.75, 3.05) is 0 Å². The first-order valence-electron chi connectivity index (χ1n) is 11.6. The van der Waals surface area contributed by atoms with E-state index in [0.717, 1.165) is 30.1 Å². The number of allylic oxidation sites excluding steroid dienone is 1. The van der Waals surface area contributed by atoms with E-state index in [1.165, 1.54) is 50.5 Å². The third-order valence-electron chi connectivity index (χ3n) is 9.90. The first-order chi connectivity index (χ1) is 12.2. The van der Waals surface area contributed by atoms with Crippen LogP contribution in [0.25, 0.3) is 0 Å². The van der Waals surface area contributed by atoms with E-state index in [1.807, 2.05) is 0 Å². The standard InChI is InChI=1S/C25H42O/c1-15(2)19-11-12-24(6)13-22-17(4)8-9-20-16(3)7-10-21(20)18(5)25(22,26)14-23(19)24/h15-17,19-20,22-23,26H,7-14H2,1-6H3/b21-18-/t16-,17+,19-,20+,22-,23+,24-,25+/m1/s1. The van der Waals surface area contributed by atoms with Crippen LogP contribution in [0.2, 0.25) is 0 Å². The van der Waals surface area contributed by atoms with Crippen molar-refractivity contribution >= 4 is 0 Å². The molecule has 0 amide bonds. The van der Waals surface area contributed by atoms with Crippen LogP contribution >= 0.6 is 0 Å². The van der Waals surface area contributed by atoms with Gasteiger partial charge in [-0.05, 0) is 111 Å². The van der Waals surface area contributed by atoms with E-state index in [9.17, 15) is 5.11 Å². The lowest BCUT2D eigenvalue weighted by Gasteiger charge is -2.55. The van der Waals surface area contributed by atoms with Crippen LogP contribution in [0.4, 0.5) is 0 Å². The Labute approximate surface area is 162 Å². The molecule has 0 radical (unpaired) electrons. The molecule has 0 spiro atoms. The Hall–Kier alpha value is -0.300. The highest BCUT2D eigenvalue weighted by Crippen LogP contribution is 2.64. The lowest BCUT2D eigenvalue weighted by atomic mass is 9.52. The summed E-state index contributed by atoms with van der Waals surface area (Å²) in [6.07, 6.45) is 10.3. The van der Waals surface area contributed by atoms with Crippen molar-refractivity contribution in [1.29, 1.82) is 0 Å². The second-order valence-corrected chi connectivity index (χ2v) is 11.5. The number of rotatable bonds is 1. The number of fused-ring (bicyclic) bond motifs is 3. The molecule has 3 saturated carbocycles. The van der Waals surface area contributed by atoms with Crippen LogP contribution < -0.4 is 0 Å². The average molecular weight is 359 g/mol. The Morgan fingerprint density at radius 2 is 1.69 bits per heavy atom. The maximum atomic E-state index is 12.3. The monoisotopic (exact) mass is 358 g/mol. The van der Waals surface area contributed by atoms with Gasteiger partial charge in [-0.15, -0.1) is 0 Å². The molecule has 26 heavy (non-hydrogen) atoms.